The molecule has 102 valence electrons. The van der Waals surface area contributed by atoms with Crippen molar-refractivity contribution in [1.82, 2.24) is 5.32 Å². The molecule has 2 aromatic rings. The molecule has 0 saturated carbocycles. The van der Waals surface area contributed by atoms with Gasteiger partial charge in [-0.15, -0.1) is 11.3 Å². The summed E-state index contributed by atoms with van der Waals surface area (Å²) in [6, 6.07) is 5.44. The first-order chi connectivity index (χ1) is 9.11. The first kappa shape index (κ1) is 14.6. The van der Waals surface area contributed by atoms with E-state index >= 15 is 0 Å². The van der Waals surface area contributed by atoms with E-state index in [0.29, 0.717) is 5.56 Å². The second-order valence-electron chi connectivity index (χ2n) is 4.24. The fourth-order valence-electron chi connectivity index (χ4n) is 1.91. The summed E-state index contributed by atoms with van der Waals surface area (Å²) >= 11 is 4.96. The van der Waals surface area contributed by atoms with Crippen LogP contribution in [-0.4, -0.2) is 6.54 Å². The largest absolute Gasteiger partial charge is 0.306 e. The van der Waals surface area contributed by atoms with Gasteiger partial charge in [-0.1, -0.05) is 13.0 Å². The topological polar surface area (TPSA) is 12.0 Å². The zero-order chi connectivity index (χ0) is 13.8. The van der Waals surface area contributed by atoms with E-state index in [0.717, 1.165) is 28.4 Å². The van der Waals surface area contributed by atoms with Crippen LogP contribution in [0.5, 0.6) is 0 Å². The molecule has 0 aliphatic heterocycles. The Balaban J connectivity index is 2.36. The van der Waals surface area contributed by atoms with Gasteiger partial charge in [-0.2, -0.15) is 0 Å². The lowest BCUT2D eigenvalue weighted by molar-refractivity contribution is 0.533. The third-order valence-corrected chi connectivity index (χ3v) is 4.32. The quantitative estimate of drug-likeness (QED) is 0.814. The number of thiophene rings is 1. The Morgan fingerprint density at radius 1 is 1.32 bits per heavy atom. The van der Waals surface area contributed by atoms with E-state index in [4.69, 9.17) is 0 Å². The first-order valence-electron chi connectivity index (χ1n) is 6.04. The number of nitrogens with one attached hydrogen (secondary N) is 1. The molecule has 0 aliphatic rings. The molecule has 2 rings (SSSR count). The minimum absolute atomic E-state index is 0.247. The van der Waals surface area contributed by atoms with E-state index in [-0.39, 0.29) is 6.04 Å². The van der Waals surface area contributed by atoms with Gasteiger partial charge in [0.15, 0.2) is 0 Å². The zero-order valence-electron chi connectivity index (χ0n) is 10.4. The van der Waals surface area contributed by atoms with Gasteiger partial charge in [0.2, 0.25) is 0 Å². The lowest BCUT2D eigenvalue weighted by Crippen LogP contribution is -2.23. The maximum atomic E-state index is 13.9. The van der Waals surface area contributed by atoms with E-state index in [2.05, 4.69) is 28.2 Å². The lowest BCUT2D eigenvalue weighted by atomic mass is 10.0. The average molecular weight is 346 g/mol. The summed E-state index contributed by atoms with van der Waals surface area (Å²) in [4.78, 5) is 0. The molecule has 0 bridgehead atoms. The van der Waals surface area contributed by atoms with Crippen molar-refractivity contribution >= 4 is 27.3 Å². The van der Waals surface area contributed by atoms with Crippen LogP contribution in [0.1, 0.15) is 30.5 Å². The zero-order valence-corrected chi connectivity index (χ0v) is 12.8. The van der Waals surface area contributed by atoms with Crippen molar-refractivity contribution in [3.63, 3.8) is 0 Å². The number of benzene rings is 1. The molecule has 1 nitrogen and oxygen atoms in total. The second-order valence-corrected chi connectivity index (χ2v) is 6.53. The summed E-state index contributed by atoms with van der Waals surface area (Å²) in [5, 5.41) is 5.27. The van der Waals surface area contributed by atoms with E-state index in [1.807, 2.05) is 11.4 Å². The Kier molecular flexibility index (Phi) is 5.07. The Morgan fingerprint density at radius 2 is 2.11 bits per heavy atom. The fourth-order valence-corrected chi connectivity index (χ4v) is 3.11. The molecular formula is C14H14BrF2NS. The minimum atomic E-state index is -0.554. The molecular weight excluding hydrogens is 332 g/mol. The second kappa shape index (κ2) is 6.59. The number of hydrogen-bond acceptors (Lipinski definition) is 2. The molecule has 1 atom stereocenters. The molecule has 19 heavy (non-hydrogen) atoms. The van der Waals surface area contributed by atoms with Crippen molar-refractivity contribution in [3.05, 3.63) is 56.2 Å². The molecule has 0 fully saturated rings. The maximum absolute atomic E-state index is 13.9. The van der Waals surface area contributed by atoms with Crippen LogP contribution in [-0.2, 0) is 0 Å². The number of rotatable bonds is 5. The van der Waals surface area contributed by atoms with Crippen LogP contribution in [0, 0.1) is 11.6 Å². The maximum Gasteiger partial charge on any atom is 0.131 e. The Hall–Kier alpha value is -0.780. The molecule has 0 aliphatic carbocycles. The SMILES string of the molecule is CCCNC(c1csc(Br)c1)c1ccc(F)cc1F. The average Bonchev–Trinajstić information content (AvgIpc) is 2.78. The Labute approximate surface area is 123 Å². The van der Waals surface area contributed by atoms with Crippen LogP contribution < -0.4 is 5.32 Å². The minimum Gasteiger partial charge on any atom is -0.306 e. The molecule has 0 amide bonds. The standard InChI is InChI=1S/C14H14BrF2NS/c1-2-5-18-14(9-6-13(15)19-8-9)11-4-3-10(16)7-12(11)17/h3-4,6-8,14,18H,2,5H2,1H3. The van der Waals surface area contributed by atoms with E-state index in [9.17, 15) is 8.78 Å². The summed E-state index contributed by atoms with van der Waals surface area (Å²) in [6.45, 7) is 2.82. The first-order valence-corrected chi connectivity index (χ1v) is 7.71. The molecule has 1 unspecified atom stereocenters. The molecule has 1 N–H and O–H groups in total. The smallest absolute Gasteiger partial charge is 0.131 e. The van der Waals surface area contributed by atoms with Gasteiger partial charge in [0.05, 0.1) is 9.83 Å². The van der Waals surface area contributed by atoms with Gasteiger partial charge >= 0.3 is 0 Å². The summed E-state index contributed by atoms with van der Waals surface area (Å²) in [5.41, 5.74) is 1.45. The Morgan fingerprint density at radius 3 is 2.68 bits per heavy atom. The monoisotopic (exact) mass is 345 g/mol. The molecule has 1 heterocycles. The van der Waals surface area contributed by atoms with Gasteiger partial charge in [0.25, 0.3) is 0 Å². The molecule has 0 radical (unpaired) electrons. The normalized spacial score (nSPS) is 12.6. The van der Waals surface area contributed by atoms with Crippen LogP contribution in [0.3, 0.4) is 0 Å². The van der Waals surface area contributed by atoms with Crippen molar-refractivity contribution in [2.75, 3.05) is 6.54 Å². The summed E-state index contributed by atoms with van der Waals surface area (Å²) in [7, 11) is 0. The van der Waals surface area contributed by atoms with Gasteiger partial charge < -0.3 is 5.32 Å². The summed E-state index contributed by atoms with van der Waals surface area (Å²) in [6.07, 6.45) is 0.949. The predicted octanol–water partition coefficient (Wildman–Crippen LogP) is 4.88. The van der Waals surface area contributed by atoms with Crippen LogP contribution in [0.25, 0.3) is 0 Å². The Bertz CT molecular complexity index is 556. The highest BCUT2D eigenvalue weighted by Crippen LogP contribution is 2.30. The van der Waals surface area contributed by atoms with Crippen molar-refractivity contribution in [1.29, 1.82) is 0 Å². The number of hydrogen-bond donors (Lipinski definition) is 1. The van der Waals surface area contributed by atoms with Gasteiger partial charge in [0.1, 0.15) is 11.6 Å². The highest BCUT2D eigenvalue weighted by molar-refractivity contribution is 9.11. The predicted molar refractivity (Wildman–Crippen MR) is 78.5 cm³/mol. The highest BCUT2D eigenvalue weighted by atomic mass is 79.9. The molecule has 0 saturated heterocycles. The number of halogens is 3. The molecule has 5 heteroatoms. The van der Waals surface area contributed by atoms with Gasteiger partial charge in [-0.05, 0) is 52.0 Å². The highest BCUT2D eigenvalue weighted by Gasteiger charge is 2.18. The molecule has 1 aromatic carbocycles. The van der Waals surface area contributed by atoms with Crippen molar-refractivity contribution < 1.29 is 8.78 Å². The van der Waals surface area contributed by atoms with Gasteiger partial charge in [-0.25, -0.2) is 8.78 Å². The van der Waals surface area contributed by atoms with Crippen molar-refractivity contribution in [3.8, 4) is 0 Å². The lowest BCUT2D eigenvalue weighted by Gasteiger charge is -2.18. The van der Waals surface area contributed by atoms with E-state index in [1.165, 1.54) is 12.1 Å². The van der Waals surface area contributed by atoms with Crippen molar-refractivity contribution in [2.45, 2.75) is 19.4 Å². The summed E-state index contributed by atoms with van der Waals surface area (Å²) in [5.74, 6) is -1.07. The molecule has 1 aromatic heterocycles. The van der Waals surface area contributed by atoms with Gasteiger partial charge in [0, 0.05) is 11.6 Å². The van der Waals surface area contributed by atoms with E-state index in [1.54, 1.807) is 11.3 Å². The van der Waals surface area contributed by atoms with Crippen LogP contribution in [0.2, 0.25) is 0 Å². The van der Waals surface area contributed by atoms with Crippen LogP contribution >= 0.6 is 27.3 Å². The third kappa shape index (κ3) is 3.61. The van der Waals surface area contributed by atoms with Gasteiger partial charge in [-0.3, -0.25) is 0 Å². The summed E-state index contributed by atoms with van der Waals surface area (Å²) < 4.78 is 27.9. The molecule has 0 spiro atoms. The van der Waals surface area contributed by atoms with Crippen molar-refractivity contribution in [2.24, 2.45) is 0 Å². The fraction of sp³-hybridized carbons (Fsp3) is 0.286. The van der Waals surface area contributed by atoms with E-state index < -0.39 is 11.6 Å². The van der Waals surface area contributed by atoms with Crippen LogP contribution in [0.15, 0.2) is 33.4 Å². The van der Waals surface area contributed by atoms with Crippen LogP contribution in [0.4, 0.5) is 8.78 Å². The third-order valence-electron chi connectivity index (χ3n) is 2.79.